The largest absolute Gasteiger partial charge is 0.378 e. The van der Waals surface area contributed by atoms with E-state index in [-0.39, 0.29) is 5.91 Å². The van der Waals surface area contributed by atoms with Crippen molar-refractivity contribution in [3.63, 3.8) is 0 Å². The van der Waals surface area contributed by atoms with E-state index in [1.54, 1.807) is 6.20 Å². The van der Waals surface area contributed by atoms with Crippen molar-refractivity contribution < 1.29 is 4.79 Å². The number of benzene rings is 2. The van der Waals surface area contributed by atoms with Crippen LogP contribution in [-0.2, 0) is 6.54 Å². The first kappa shape index (κ1) is 15.8. The number of carbonyl (C=O) groups is 1. The van der Waals surface area contributed by atoms with Crippen LogP contribution < -0.4 is 10.2 Å². The summed E-state index contributed by atoms with van der Waals surface area (Å²) >= 11 is 0. The summed E-state index contributed by atoms with van der Waals surface area (Å²) in [6, 6.07) is 17.8. The summed E-state index contributed by atoms with van der Waals surface area (Å²) in [6.45, 7) is 0.478. The second-order valence-electron chi connectivity index (χ2n) is 5.77. The Morgan fingerprint density at radius 3 is 2.46 bits per heavy atom. The molecule has 0 fully saturated rings. The number of anilines is 1. The van der Waals surface area contributed by atoms with Gasteiger partial charge < -0.3 is 10.2 Å². The predicted molar refractivity (Wildman–Crippen MR) is 96.0 cm³/mol. The summed E-state index contributed by atoms with van der Waals surface area (Å²) in [5.41, 5.74) is 4.41. The van der Waals surface area contributed by atoms with Gasteiger partial charge in [0.25, 0.3) is 5.91 Å². The fraction of sp³-hybridized carbons (Fsp3) is 0.158. The van der Waals surface area contributed by atoms with Crippen LogP contribution in [0.3, 0.4) is 0 Å². The molecular formula is C19H20N4O. The maximum atomic E-state index is 12.5. The fourth-order valence-electron chi connectivity index (χ4n) is 2.47. The van der Waals surface area contributed by atoms with Gasteiger partial charge in [0.15, 0.2) is 0 Å². The average Bonchev–Trinajstić information content (AvgIpc) is 3.10. The lowest BCUT2D eigenvalue weighted by Gasteiger charge is -2.13. The monoisotopic (exact) mass is 320 g/mol. The fourth-order valence-corrected chi connectivity index (χ4v) is 2.47. The van der Waals surface area contributed by atoms with Crippen molar-refractivity contribution in [2.75, 3.05) is 19.0 Å². The second-order valence-corrected chi connectivity index (χ2v) is 5.77. The lowest BCUT2D eigenvalue weighted by atomic mass is 10.1. The number of nitrogens with zero attached hydrogens (tertiary/aromatic N) is 2. The van der Waals surface area contributed by atoms with Crippen LogP contribution in [0.5, 0.6) is 0 Å². The second kappa shape index (κ2) is 7.00. The summed E-state index contributed by atoms with van der Waals surface area (Å²) in [4.78, 5) is 14.5. The van der Waals surface area contributed by atoms with Gasteiger partial charge in [-0.05, 0) is 17.7 Å². The molecule has 1 aromatic heterocycles. The van der Waals surface area contributed by atoms with E-state index in [9.17, 15) is 4.79 Å². The smallest absolute Gasteiger partial charge is 0.255 e. The highest BCUT2D eigenvalue weighted by Crippen LogP contribution is 2.20. The summed E-state index contributed by atoms with van der Waals surface area (Å²) < 4.78 is 0. The SMILES string of the molecule is CN(C)c1ccc(CNC(=O)c2cn[nH]c2-c2ccccc2)cc1. The van der Waals surface area contributed by atoms with E-state index < -0.39 is 0 Å². The van der Waals surface area contributed by atoms with Crippen molar-refractivity contribution in [2.45, 2.75) is 6.54 Å². The molecule has 2 N–H and O–H groups in total. The normalized spacial score (nSPS) is 10.4. The number of aromatic nitrogens is 2. The Morgan fingerprint density at radius 1 is 1.08 bits per heavy atom. The van der Waals surface area contributed by atoms with Gasteiger partial charge in [-0.2, -0.15) is 5.10 Å². The molecular weight excluding hydrogens is 300 g/mol. The number of aromatic amines is 1. The number of H-pyrrole nitrogens is 1. The highest BCUT2D eigenvalue weighted by Gasteiger charge is 2.14. The quantitative estimate of drug-likeness (QED) is 0.759. The molecule has 2 aromatic carbocycles. The van der Waals surface area contributed by atoms with Gasteiger partial charge in [-0.15, -0.1) is 0 Å². The van der Waals surface area contributed by atoms with E-state index in [1.165, 1.54) is 0 Å². The summed E-state index contributed by atoms with van der Waals surface area (Å²) in [5.74, 6) is -0.140. The summed E-state index contributed by atoms with van der Waals surface area (Å²) in [6.07, 6.45) is 1.56. The highest BCUT2D eigenvalue weighted by molar-refractivity contribution is 5.99. The van der Waals surface area contributed by atoms with E-state index >= 15 is 0 Å². The molecule has 3 aromatic rings. The minimum Gasteiger partial charge on any atom is -0.378 e. The van der Waals surface area contributed by atoms with Crippen LogP contribution in [0.25, 0.3) is 11.3 Å². The van der Waals surface area contributed by atoms with Crippen molar-refractivity contribution in [1.29, 1.82) is 0 Å². The van der Waals surface area contributed by atoms with Gasteiger partial charge in [0.2, 0.25) is 0 Å². The molecule has 0 aliphatic carbocycles. The Hall–Kier alpha value is -3.08. The first-order valence-electron chi connectivity index (χ1n) is 7.78. The van der Waals surface area contributed by atoms with Gasteiger partial charge >= 0.3 is 0 Å². The van der Waals surface area contributed by atoms with E-state index in [4.69, 9.17) is 0 Å². The van der Waals surface area contributed by atoms with Crippen LogP contribution in [0.2, 0.25) is 0 Å². The maximum Gasteiger partial charge on any atom is 0.255 e. The van der Waals surface area contributed by atoms with Gasteiger partial charge in [0, 0.05) is 31.9 Å². The first-order valence-corrected chi connectivity index (χ1v) is 7.78. The third kappa shape index (κ3) is 3.46. The molecule has 0 aliphatic heterocycles. The topological polar surface area (TPSA) is 61.0 Å². The number of nitrogens with one attached hydrogen (secondary N) is 2. The number of amides is 1. The molecule has 0 spiro atoms. The van der Waals surface area contributed by atoms with Crippen molar-refractivity contribution in [2.24, 2.45) is 0 Å². The third-order valence-electron chi connectivity index (χ3n) is 3.85. The molecule has 0 radical (unpaired) electrons. The van der Waals surface area contributed by atoms with Crippen LogP contribution in [0.4, 0.5) is 5.69 Å². The Morgan fingerprint density at radius 2 is 1.79 bits per heavy atom. The van der Waals surface area contributed by atoms with E-state index in [0.717, 1.165) is 22.5 Å². The number of hydrogen-bond donors (Lipinski definition) is 2. The van der Waals surface area contributed by atoms with Crippen LogP contribution in [0.15, 0.2) is 60.8 Å². The molecule has 3 rings (SSSR count). The minimum absolute atomic E-state index is 0.140. The van der Waals surface area contributed by atoms with Crippen molar-refractivity contribution in [3.05, 3.63) is 71.9 Å². The molecule has 0 bridgehead atoms. The molecule has 24 heavy (non-hydrogen) atoms. The molecule has 5 heteroatoms. The molecule has 122 valence electrons. The van der Waals surface area contributed by atoms with Crippen molar-refractivity contribution in [3.8, 4) is 11.3 Å². The zero-order valence-electron chi connectivity index (χ0n) is 13.8. The number of hydrogen-bond acceptors (Lipinski definition) is 3. The number of carbonyl (C=O) groups excluding carboxylic acids is 1. The molecule has 5 nitrogen and oxygen atoms in total. The summed E-state index contributed by atoms with van der Waals surface area (Å²) in [7, 11) is 4.00. The van der Waals surface area contributed by atoms with Crippen LogP contribution in [-0.4, -0.2) is 30.2 Å². The van der Waals surface area contributed by atoms with Crippen LogP contribution in [0, 0.1) is 0 Å². The minimum atomic E-state index is -0.140. The molecule has 0 aliphatic rings. The van der Waals surface area contributed by atoms with Crippen molar-refractivity contribution >= 4 is 11.6 Å². The molecule has 0 atom stereocenters. The number of rotatable bonds is 5. The Labute approximate surface area is 141 Å². The first-order chi connectivity index (χ1) is 11.6. The molecule has 0 unspecified atom stereocenters. The molecule has 0 saturated heterocycles. The average molecular weight is 320 g/mol. The summed E-state index contributed by atoms with van der Waals surface area (Å²) in [5, 5.41) is 9.87. The van der Waals surface area contributed by atoms with Gasteiger partial charge in [-0.25, -0.2) is 0 Å². The van der Waals surface area contributed by atoms with Gasteiger partial charge in [-0.3, -0.25) is 9.89 Å². The predicted octanol–water partition coefficient (Wildman–Crippen LogP) is 3.07. The molecule has 1 amide bonds. The Bertz CT molecular complexity index is 807. The zero-order valence-corrected chi connectivity index (χ0v) is 13.8. The van der Waals surface area contributed by atoms with Gasteiger partial charge in [-0.1, -0.05) is 42.5 Å². The van der Waals surface area contributed by atoms with Crippen molar-refractivity contribution in [1.82, 2.24) is 15.5 Å². The van der Waals surface area contributed by atoms with E-state index in [2.05, 4.69) is 15.5 Å². The van der Waals surface area contributed by atoms with Gasteiger partial charge in [0.05, 0.1) is 17.5 Å². The standard InChI is InChI=1S/C19H20N4O/c1-23(2)16-10-8-14(9-11-16)12-20-19(24)17-13-21-22-18(17)15-6-4-3-5-7-15/h3-11,13H,12H2,1-2H3,(H,20,24)(H,21,22). The highest BCUT2D eigenvalue weighted by atomic mass is 16.1. The lowest BCUT2D eigenvalue weighted by molar-refractivity contribution is 0.0951. The van der Waals surface area contributed by atoms with Crippen LogP contribution in [0.1, 0.15) is 15.9 Å². The zero-order chi connectivity index (χ0) is 16.9. The maximum absolute atomic E-state index is 12.5. The lowest BCUT2D eigenvalue weighted by Crippen LogP contribution is -2.23. The molecule has 0 saturated carbocycles. The van der Waals surface area contributed by atoms with Gasteiger partial charge in [0.1, 0.15) is 0 Å². The Balaban J connectivity index is 1.69. The third-order valence-corrected chi connectivity index (χ3v) is 3.85. The van der Waals surface area contributed by atoms with E-state index in [1.807, 2.05) is 73.6 Å². The van der Waals surface area contributed by atoms with E-state index in [0.29, 0.717) is 12.1 Å². The molecule has 1 heterocycles. The Kier molecular flexibility index (Phi) is 4.61. The van der Waals surface area contributed by atoms with Crippen LogP contribution >= 0.6 is 0 Å².